The predicted octanol–water partition coefficient (Wildman–Crippen LogP) is 2.65. The van der Waals surface area contributed by atoms with Crippen LogP contribution in [0.15, 0.2) is 47.7 Å². The number of urea groups is 1. The van der Waals surface area contributed by atoms with Gasteiger partial charge in [0.05, 0.1) is 25.8 Å². The maximum absolute atomic E-state index is 12.2. The van der Waals surface area contributed by atoms with Gasteiger partial charge in [0.2, 0.25) is 0 Å². The van der Waals surface area contributed by atoms with Gasteiger partial charge in [-0.3, -0.25) is 0 Å². The van der Waals surface area contributed by atoms with Crippen LogP contribution in [0.4, 0.5) is 4.79 Å². The molecule has 124 valence electrons. The van der Waals surface area contributed by atoms with E-state index in [-0.39, 0.29) is 6.03 Å². The standard InChI is InChI=1S/C18H18N2O4/c1-10-15(17(21)24-3)16(20-18(22)19-10)13-8-9-14(23-2)12-7-5-4-6-11(12)13/h4-9,16H,1-3H3,(H2,19,20,22)/t16-/m0/s1. The maximum atomic E-state index is 12.2. The Labute approximate surface area is 139 Å². The van der Waals surface area contributed by atoms with Crippen LogP contribution in [0.2, 0.25) is 0 Å². The van der Waals surface area contributed by atoms with E-state index in [1.807, 2.05) is 36.4 Å². The number of nitrogens with one attached hydrogen (secondary N) is 2. The lowest BCUT2D eigenvalue weighted by molar-refractivity contribution is -0.136. The average molecular weight is 326 g/mol. The summed E-state index contributed by atoms with van der Waals surface area (Å²) in [5.41, 5.74) is 1.67. The van der Waals surface area contributed by atoms with Gasteiger partial charge in [0.1, 0.15) is 5.75 Å². The first kappa shape index (κ1) is 15.9. The van der Waals surface area contributed by atoms with Crippen molar-refractivity contribution in [1.82, 2.24) is 10.6 Å². The highest BCUT2D eigenvalue weighted by Crippen LogP contribution is 2.36. The molecule has 24 heavy (non-hydrogen) atoms. The summed E-state index contributed by atoms with van der Waals surface area (Å²) in [5.74, 6) is 0.250. The largest absolute Gasteiger partial charge is 0.496 e. The number of fused-ring (bicyclic) bond motifs is 1. The van der Waals surface area contributed by atoms with Gasteiger partial charge < -0.3 is 20.1 Å². The molecule has 3 rings (SSSR count). The zero-order valence-corrected chi connectivity index (χ0v) is 13.7. The molecule has 6 heteroatoms. The molecule has 0 unspecified atom stereocenters. The van der Waals surface area contributed by atoms with Crippen molar-refractivity contribution in [2.24, 2.45) is 0 Å². The number of hydrogen-bond donors (Lipinski definition) is 2. The SMILES string of the molecule is COC(=O)C1=C(C)NC(=O)N[C@H]1c1ccc(OC)c2ccccc12. The van der Waals surface area contributed by atoms with Crippen molar-refractivity contribution in [2.75, 3.05) is 14.2 Å². The van der Waals surface area contributed by atoms with Crippen LogP contribution in [0.3, 0.4) is 0 Å². The van der Waals surface area contributed by atoms with Crippen molar-refractivity contribution in [2.45, 2.75) is 13.0 Å². The Kier molecular flexibility index (Phi) is 4.12. The zero-order chi connectivity index (χ0) is 17.3. The van der Waals surface area contributed by atoms with Crippen molar-refractivity contribution in [3.05, 3.63) is 53.2 Å². The fraction of sp³-hybridized carbons (Fsp3) is 0.222. The predicted molar refractivity (Wildman–Crippen MR) is 89.6 cm³/mol. The van der Waals surface area contributed by atoms with Crippen LogP contribution in [0.1, 0.15) is 18.5 Å². The third-order valence-electron chi connectivity index (χ3n) is 4.12. The molecule has 0 fully saturated rings. The number of esters is 1. The van der Waals surface area contributed by atoms with Crippen LogP contribution in [-0.4, -0.2) is 26.2 Å². The first-order valence-electron chi connectivity index (χ1n) is 7.49. The van der Waals surface area contributed by atoms with Gasteiger partial charge in [-0.15, -0.1) is 0 Å². The van der Waals surface area contributed by atoms with Crippen molar-refractivity contribution >= 4 is 22.8 Å². The van der Waals surface area contributed by atoms with E-state index in [0.29, 0.717) is 11.3 Å². The molecule has 1 aliphatic heterocycles. The summed E-state index contributed by atoms with van der Waals surface area (Å²) in [6.45, 7) is 1.68. The van der Waals surface area contributed by atoms with E-state index in [0.717, 1.165) is 22.1 Å². The number of allylic oxidation sites excluding steroid dienone is 1. The van der Waals surface area contributed by atoms with E-state index in [1.165, 1.54) is 7.11 Å². The Morgan fingerprint density at radius 1 is 1.08 bits per heavy atom. The molecule has 6 nitrogen and oxygen atoms in total. The molecule has 2 aromatic rings. The number of methoxy groups -OCH3 is 2. The van der Waals surface area contributed by atoms with Crippen molar-refractivity contribution < 1.29 is 19.1 Å². The molecular weight excluding hydrogens is 308 g/mol. The van der Waals surface area contributed by atoms with Crippen LogP contribution in [0.5, 0.6) is 5.75 Å². The Bertz CT molecular complexity index is 857. The zero-order valence-electron chi connectivity index (χ0n) is 13.7. The molecule has 0 aromatic heterocycles. The van der Waals surface area contributed by atoms with E-state index in [1.54, 1.807) is 14.0 Å². The fourth-order valence-corrected chi connectivity index (χ4v) is 3.03. The second-order valence-corrected chi connectivity index (χ2v) is 5.46. The molecule has 1 aliphatic rings. The molecule has 2 amide bonds. The van der Waals surface area contributed by atoms with E-state index in [9.17, 15) is 9.59 Å². The first-order valence-corrected chi connectivity index (χ1v) is 7.49. The third kappa shape index (κ3) is 2.56. The van der Waals surface area contributed by atoms with Gasteiger partial charge in [0.15, 0.2) is 0 Å². The lowest BCUT2D eigenvalue weighted by Crippen LogP contribution is -2.45. The number of amides is 2. The van der Waals surface area contributed by atoms with Crippen LogP contribution in [0, 0.1) is 0 Å². The van der Waals surface area contributed by atoms with Crippen molar-refractivity contribution in [3.63, 3.8) is 0 Å². The third-order valence-corrected chi connectivity index (χ3v) is 4.12. The highest BCUT2D eigenvalue weighted by Gasteiger charge is 2.32. The quantitative estimate of drug-likeness (QED) is 0.850. The normalized spacial score (nSPS) is 17.3. The van der Waals surface area contributed by atoms with Crippen molar-refractivity contribution in [1.29, 1.82) is 0 Å². The number of benzene rings is 2. The van der Waals surface area contributed by atoms with E-state index in [4.69, 9.17) is 9.47 Å². The molecule has 0 saturated carbocycles. The first-order chi connectivity index (χ1) is 11.6. The topological polar surface area (TPSA) is 76.7 Å². The molecule has 1 atom stereocenters. The highest BCUT2D eigenvalue weighted by atomic mass is 16.5. The molecule has 0 bridgehead atoms. The number of hydrogen-bond acceptors (Lipinski definition) is 4. The number of carbonyl (C=O) groups is 2. The summed E-state index contributed by atoms with van der Waals surface area (Å²) < 4.78 is 10.3. The van der Waals surface area contributed by atoms with Gasteiger partial charge in [-0.05, 0) is 23.9 Å². The summed E-state index contributed by atoms with van der Waals surface area (Å²) in [6.07, 6.45) is 0. The van der Waals surface area contributed by atoms with Gasteiger partial charge in [0.25, 0.3) is 0 Å². The smallest absolute Gasteiger partial charge is 0.337 e. The molecule has 0 aliphatic carbocycles. The molecule has 2 N–H and O–H groups in total. The second-order valence-electron chi connectivity index (χ2n) is 5.46. The van der Waals surface area contributed by atoms with Crippen LogP contribution in [-0.2, 0) is 9.53 Å². The van der Waals surface area contributed by atoms with Crippen LogP contribution >= 0.6 is 0 Å². The monoisotopic (exact) mass is 326 g/mol. The lowest BCUT2D eigenvalue weighted by Gasteiger charge is -2.28. The fourth-order valence-electron chi connectivity index (χ4n) is 3.03. The molecule has 2 aromatic carbocycles. The summed E-state index contributed by atoms with van der Waals surface area (Å²) in [5, 5.41) is 7.24. The second kappa shape index (κ2) is 6.23. The molecule has 0 saturated heterocycles. The molecular formula is C18H18N2O4. The average Bonchev–Trinajstić information content (AvgIpc) is 2.59. The van der Waals surface area contributed by atoms with Crippen LogP contribution in [0.25, 0.3) is 10.8 Å². The van der Waals surface area contributed by atoms with Gasteiger partial charge in [-0.1, -0.05) is 30.3 Å². The Morgan fingerprint density at radius 3 is 2.46 bits per heavy atom. The van der Waals surface area contributed by atoms with Gasteiger partial charge in [0, 0.05) is 11.1 Å². The summed E-state index contributed by atoms with van der Waals surface area (Å²) in [4.78, 5) is 24.2. The van der Waals surface area contributed by atoms with Gasteiger partial charge in [-0.2, -0.15) is 0 Å². The Hall–Kier alpha value is -3.02. The van der Waals surface area contributed by atoms with Crippen molar-refractivity contribution in [3.8, 4) is 5.75 Å². The molecule has 0 radical (unpaired) electrons. The van der Waals surface area contributed by atoms with E-state index < -0.39 is 12.0 Å². The molecule has 0 spiro atoms. The van der Waals surface area contributed by atoms with Gasteiger partial charge >= 0.3 is 12.0 Å². The minimum absolute atomic E-state index is 0.356. The Balaban J connectivity index is 2.23. The minimum Gasteiger partial charge on any atom is -0.496 e. The maximum Gasteiger partial charge on any atom is 0.337 e. The number of carbonyl (C=O) groups excluding carboxylic acids is 2. The molecule has 1 heterocycles. The minimum atomic E-state index is -0.595. The summed E-state index contributed by atoms with van der Waals surface area (Å²) in [6, 6.07) is 10.4. The van der Waals surface area contributed by atoms with E-state index >= 15 is 0 Å². The summed E-state index contributed by atoms with van der Waals surface area (Å²) >= 11 is 0. The van der Waals surface area contributed by atoms with Crippen LogP contribution < -0.4 is 15.4 Å². The Morgan fingerprint density at radius 2 is 1.79 bits per heavy atom. The summed E-state index contributed by atoms with van der Waals surface area (Å²) in [7, 11) is 2.93. The van der Waals surface area contributed by atoms with E-state index in [2.05, 4.69) is 10.6 Å². The highest BCUT2D eigenvalue weighted by molar-refractivity contribution is 5.98. The van der Waals surface area contributed by atoms with Gasteiger partial charge in [-0.25, -0.2) is 9.59 Å². The number of rotatable bonds is 3. The lowest BCUT2D eigenvalue weighted by atomic mass is 9.91. The number of ether oxygens (including phenoxy) is 2.